The van der Waals surface area contributed by atoms with Gasteiger partial charge in [-0.3, -0.25) is 4.90 Å². The van der Waals surface area contributed by atoms with E-state index in [1.165, 1.54) is 0 Å². The largest absolute Gasteiger partial charge is 0.383 e. The summed E-state index contributed by atoms with van der Waals surface area (Å²) in [6, 6.07) is 0.605. The quantitative estimate of drug-likeness (QED) is 0.734. The predicted molar refractivity (Wildman–Crippen MR) is 59.6 cm³/mol. The molecule has 0 aromatic carbocycles. The normalized spacial score (nSPS) is 25.3. The van der Waals surface area contributed by atoms with Crippen molar-refractivity contribution in [3.05, 3.63) is 0 Å². The van der Waals surface area contributed by atoms with E-state index in [1.54, 1.807) is 7.11 Å². The highest BCUT2D eigenvalue weighted by Gasteiger charge is 2.28. The third-order valence-corrected chi connectivity index (χ3v) is 2.92. The van der Waals surface area contributed by atoms with Gasteiger partial charge in [0.15, 0.2) is 0 Å². The number of methoxy groups -OCH3 is 1. The molecule has 0 aromatic heterocycles. The van der Waals surface area contributed by atoms with Crippen LogP contribution in [-0.4, -0.2) is 50.8 Å². The van der Waals surface area contributed by atoms with Crippen molar-refractivity contribution in [2.24, 2.45) is 5.41 Å². The molecule has 0 saturated carbocycles. The summed E-state index contributed by atoms with van der Waals surface area (Å²) in [7, 11) is 1.77. The van der Waals surface area contributed by atoms with Crippen LogP contribution in [0.1, 0.15) is 20.8 Å². The van der Waals surface area contributed by atoms with Crippen molar-refractivity contribution in [1.82, 2.24) is 10.2 Å². The van der Waals surface area contributed by atoms with Gasteiger partial charge in [-0.25, -0.2) is 0 Å². The van der Waals surface area contributed by atoms with Gasteiger partial charge in [-0.1, -0.05) is 20.8 Å². The number of nitrogens with zero attached hydrogens (tertiary/aromatic N) is 1. The molecule has 0 amide bonds. The van der Waals surface area contributed by atoms with Gasteiger partial charge >= 0.3 is 0 Å². The summed E-state index contributed by atoms with van der Waals surface area (Å²) < 4.78 is 5.10. The van der Waals surface area contributed by atoms with Crippen molar-refractivity contribution in [3.8, 4) is 0 Å². The third-order valence-electron chi connectivity index (χ3n) is 2.92. The Balaban J connectivity index is 2.36. The first-order valence-corrected chi connectivity index (χ1v) is 5.48. The minimum absolute atomic E-state index is 0.353. The Hall–Kier alpha value is -0.120. The third kappa shape index (κ3) is 3.56. The van der Waals surface area contributed by atoms with Crippen LogP contribution in [0.2, 0.25) is 0 Å². The maximum absolute atomic E-state index is 5.10. The summed E-state index contributed by atoms with van der Waals surface area (Å²) in [6.45, 7) is 12.2. The molecule has 0 spiro atoms. The zero-order valence-corrected chi connectivity index (χ0v) is 9.97. The fourth-order valence-corrected chi connectivity index (χ4v) is 1.81. The molecule has 1 aliphatic heterocycles. The molecule has 84 valence electrons. The minimum atomic E-state index is 0.353. The molecule has 1 unspecified atom stereocenters. The van der Waals surface area contributed by atoms with Crippen LogP contribution in [0.15, 0.2) is 0 Å². The molecule has 1 fully saturated rings. The van der Waals surface area contributed by atoms with Crippen molar-refractivity contribution in [3.63, 3.8) is 0 Å². The zero-order valence-electron chi connectivity index (χ0n) is 9.97. The predicted octanol–water partition coefficient (Wildman–Crippen LogP) is 0.953. The molecular weight excluding hydrogens is 176 g/mol. The molecule has 0 aromatic rings. The molecule has 1 heterocycles. The van der Waals surface area contributed by atoms with Crippen LogP contribution in [0.5, 0.6) is 0 Å². The van der Waals surface area contributed by atoms with E-state index in [0.717, 1.165) is 32.8 Å². The van der Waals surface area contributed by atoms with E-state index in [1.807, 2.05) is 0 Å². The molecule has 1 rings (SSSR count). The summed E-state index contributed by atoms with van der Waals surface area (Å²) >= 11 is 0. The Morgan fingerprint density at radius 1 is 1.43 bits per heavy atom. The van der Waals surface area contributed by atoms with E-state index < -0.39 is 0 Å². The van der Waals surface area contributed by atoms with Gasteiger partial charge in [-0.2, -0.15) is 0 Å². The van der Waals surface area contributed by atoms with Crippen LogP contribution in [0, 0.1) is 5.41 Å². The fraction of sp³-hybridized carbons (Fsp3) is 1.00. The van der Waals surface area contributed by atoms with E-state index in [0.29, 0.717) is 11.5 Å². The van der Waals surface area contributed by atoms with Crippen LogP contribution in [0.4, 0.5) is 0 Å². The SMILES string of the molecule is COCCN1CCNC(C(C)(C)C)C1. The van der Waals surface area contributed by atoms with Crippen LogP contribution in [0.25, 0.3) is 0 Å². The fourth-order valence-electron chi connectivity index (χ4n) is 1.81. The van der Waals surface area contributed by atoms with Gasteiger partial charge < -0.3 is 10.1 Å². The second-order valence-electron chi connectivity index (χ2n) is 5.17. The van der Waals surface area contributed by atoms with Crippen LogP contribution < -0.4 is 5.32 Å². The lowest BCUT2D eigenvalue weighted by Gasteiger charge is -2.40. The van der Waals surface area contributed by atoms with Crippen molar-refractivity contribution in [2.75, 3.05) is 39.9 Å². The summed E-state index contributed by atoms with van der Waals surface area (Å²) in [4.78, 5) is 2.48. The lowest BCUT2D eigenvalue weighted by Crippen LogP contribution is -2.56. The first-order valence-electron chi connectivity index (χ1n) is 5.48. The van der Waals surface area contributed by atoms with Gasteiger partial charge in [-0.05, 0) is 5.41 Å². The molecule has 3 heteroatoms. The smallest absolute Gasteiger partial charge is 0.0589 e. The van der Waals surface area contributed by atoms with Gasteiger partial charge in [0, 0.05) is 39.3 Å². The minimum Gasteiger partial charge on any atom is -0.383 e. The summed E-state index contributed by atoms with van der Waals surface area (Å²) in [5.41, 5.74) is 0.353. The van der Waals surface area contributed by atoms with Crippen LogP contribution in [0.3, 0.4) is 0 Å². The van der Waals surface area contributed by atoms with E-state index >= 15 is 0 Å². The van der Waals surface area contributed by atoms with Gasteiger partial charge in [0.1, 0.15) is 0 Å². The number of hydrogen-bond donors (Lipinski definition) is 1. The topological polar surface area (TPSA) is 24.5 Å². The molecule has 0 aliphatic carbocycles. The molecule has 1 N–H and O–H groups in total. The Kier molecular flexibility index (Phi) is 4.35. The van der Waals surface area contributed by atoms with E-state index in [9.17, 15) is 0 Å². The Labute approximate surface area is 87.8 Å². The Morgan fingerprint density at radius 2 is 2.14 bits per heavy atom. The molecule has 14 heavy (non-hydrogen) atoms. The van der Waals surface area contributed by atoms with E-state index in [-0.39, 0.29) is 0 Å². The highest BCUT2D eigenvalue weighted by atomic mass is 16.5. The summed E-state index contributed by atoms with van der Waals surface area (Å²) in [5.74, 6) is 0. The second kappa shape index (κ2) is 5.10. The van der Waals surface area contributed by atoms with E-state index in [2.05, 4.69) is 31.0 Å². The van der Waals surface area contributed by atoms with Crippen molar-refractivity contribution in [1.29, 1.82) is 0 Å². The maximum Gasteiger partial charge on any atom is 0.0589 e. The van der Waals surface area contributed by atoms with Gasteiger partial charge in [0.25, 0.3) is 0 Å². The number of rotatable bonds is 3. The van der Waals surface area contributed by atoms with Crippen LogP contribution in [-0.2, 0) is 4.74 Å². The maximum atomic E-state index is 5.10. The first-order chi connectivity index (χ1) is 6.54. The number of nitrogens with one attached hydrogen (secondary N) is 1. The average Bonchev–Trinajstić information content (AvgIpc) is 2.14. The highest BCUT2D eigenvalue weighted by Crippen LogP contribution is 2.21. The molecule has 1 saturated heterocycles. The number of ether oxygens (including phenoxy) is 1. The van der Waals surface area contributed by atoms with Gasteiger partial charge in [0.05, 0.1) is 6.61 Å². The zero-order chi connectivity index (χ0) is 10.6. The van der Waals surface area contributed by atoms with E-state index in [4.69, 9.17) is 4.74 Å². The molecule has 1 aliphatic rings. The average molecular weight is 200 g/mol. The number of piperazine rings is 1. The molecule has 0 bridgehead atoms. The summed E-state index contributed by atoms with van der Waals surface area (Å²) in [6.07, 6.45) is 0. The Morgan fingerprint density at radius 3 is 2.71 bits per heavy atom. The summed E-state index contributed by atoms with van der Waals surface area (Å²) in [5, 5.41) is 3.58. The second-order valence-corrected chi connectivity index (χ2v) is 5.17. The van der Waals surface area contributed by atoms with Gasteiger partial charge in [0.2, 0.25) is 0 Å². The van der Waals surface area contributed by atoms with Crippen molar-refractivity contribution < 1.29 is 4.74 Å². The monoisotopic (exact) mass is 200 g/mol. The molecule has 0 radical (unpaired) electrons. The first kappa shape index (κ1) is 12.0. The Bertz CT molecular complexity index is 165. The van der Waals surface area contributed by atoms with Crippen molar-refractivity contribution in [2.45, 2.75) is 26.8 Å². The lowest BCUT2D eigenvalue weighted by atomic mass is 9.85. The highest BCUT2D eigenvalue weighted by molar-refractivity contribution is 4.87. The molecule has 3 nitrogen and oxygen atoms in total. The lowest BCUT2D eigenvalue weighted by molar-refractivity contribution is 0.0982. The molecular formula is C11H24N2O. The van der Waals surface area contributed by atoms with Crippen LogP contribution >= 0.6 is 0 Å². The van der Waals surface area contributed by atoms with Crippen molar-refractivity contribution >= 4 is 0 Å². The standard InChI is InChI=1S/C11H24N2O/c1-11(2,3)10-9-13(6-5-12-10)7-8-14-4/h10,12H,5-9H2,1-4H3. The van der Waals surface area contributed by atoms with Gasteiger partial charge in [-0.15, -0.1) is 0 Å². The number of hydrogen-bond acceptors (Lipinski definition) is 3. The molecule has 1 atom stereocenters.